The molecule has 1 aromatic rings. The van der Waals surface area contributed by atoms with Crippen LogP contribution in [0.15, 0.2) is 30.3 Å². The Morgan fingerprint density at radius 1 is 1.36 bits per heavy atom. The van der Waals surface area contributed by atoms with Crippen LogP contribution in [-0.2, 0) is 0 Å². The fraction of sp³-hybridized carbons (Fsp3) is 0.364. The van der Waals surface area contributed by atoms with Gasteiger partial charge in [-0.2, -0.15) is 0 Å². The molecule has 0 aromatic heterocycles. The summed E-state index contributed by atoms with van der Waals surface area (Å²) in [6, 6.07) is 9.61. The van der Waals surface area contributed by atoms with Gasteiger partial charge in [0.05, 0.1) is 0 Å². The van der Waals surface area contributed by atoms with Crippen LogP contribution < -0.4 is 10.8 Å². The molecule has 1 rings (SSSR count). The van der Waals surface area contributed by atoms with E-state index in [1.54, 1.807) is 7.28 Å². The summed E-state index contributed by atoms with van der Waals surface area (Å²) < 4.78 is 0. The zero-order chi connectivity index (χ0) is 10.2. The Bertz CT molecular complexity index is 274. The molecule has 14 heavy (non-hydrogen) atoms. The molecule has 0 aliphatic heterocycles. The van der Waals surface area contributed by atoms with Gasteiger partial charge in [-0.1, -0.05) is 49.1 Å². The van der Waals surface area contributed by atoms with Crippen molar-refractivity contribution in [3.8, 4) is 0 Å². The van der Waals surface area contributed by atoms with Gasteiger partial charge in [0.1, 0.15) is 0 Å². The van der Waals surface area contributed by atoms with E-state index < -0.39 is 0 Å². The van der Waals surface area contributed by atoms with Crippen LogP contribution in [0.2, 0.25) is 0 Å². The number of hydrogen-bond donors (Lipinski definition) is 1. The number of amides is 1. The van der Waals surface area contributed by atoms with E-state index in [1.807, 2.05) is 30.3 Å². The molecule has 0 unspecified atom stereocenters. The summed E-state index contributed by atoms with van der Waals surface area (Å²) in [5.74, 6) is -0.00958. The van der Waals surface area contributed by atoms with Crippen molar-refractivity contribution < 1.29 is 4.79 Å². The molecule has 0 fully saturated rings. The van der Waals surface area contributed by atoms with Crippen LogP contribution >= 0.6 is 0 Å². The second-order valence-corrected chi connectivity index (χ2v) is 3.20. The monoisotopic (exact) mass is 188 g/mol. The highest BCUT2D eigenvalue weighted by molar-refractivity contribution is 6.83. The first kappa shape index (κ1) is 10.8. The lowest BCUT2D eigenvalue weighted by atomic mass is 9.69. The molecule has 0 spiro atoms. The standard InChI is InChI=1S/C11H15BNO/c1-2-3-9-13-11(14)12-10-7-5-4-6-8-10/h4-8H,2-3,9H2,1H3,(H,13,14). The highest BCUT2D eigenvalue weighted by Crippen LogP contribution is 1.84. The number of unbranched alkanes of at least 4 members (excludes halogenated alkanes) is 1. The third kappa shape index (κ3) is 4.12. The van der Waals surface area contributed by atoms with Crippen LogP contribution in [0.3, 0.4) is 0 Å². The van der Waals surface area contributed by atoms with Gasteiger partial charge in [-0.05, 0) is 6.42 Å². The largest absolute Gasteiger partial charge is 0.365 e. The van der Waals surface area contributed by atoms with Gasteiger partial charge in [0.2, 0.25) is 0 Å². The van der Waals surface area contributed by atoms with Crippen molar-refractivity contribution in [1.82, 2.24) is 5.32 Å². The van der Waals surface area contributed by atoms with E-state index in [0.29, 0.717) is 0 Å². The highest BCUT2D eigenvalue weighted by Gasteiger charge is 2.03. The molecule has 1 N–H and O–H groups in total. The Morgan fingerprint density at radius 2 is 2.07 bits per heavy atom. The van der Waals surface area contributed by atoms with Crippen molar-refractivity contribution in [3.05, 3.63) is 30.3 Å². The Labute approximate surface area is 86.0 Å². The van der Waals surface area contributed by atoms with Crippen molar-refractivity contribution >= 4 is 18.5 Å². The summed E-state index contributed by atoms with van der Waals surface area (Å²) >= 11 is 0. The minimum atomic E-state index is -0.00958. The van der Waals surface area contributed by atoms with Gasteiger partial charge in [-0.25, -0.2) is 0 Å². The summed E-state index contributed by atoms with van der Waals surface area (Å²) in [4.78, 5) is 11.3. The zero-order valence-corrected chi connectivity index (χ0v) is 8.49. The van der Waals surface area contributed by atoms with Gasteiger partial charge >= 0.3 is 0 Å². The van der Waals surface area contributed by atoms with Gasteiger partial charge in [-0.3, -0.25) is 4.79 Å². The Morgan fingerprint density at radius 3 is 2.71 bits per heavy atom. The molecule has 73 valence electrons. The smallest absolute Gasteiger partial charge is 0.271 e. The molecule has 0 aliphatic carbocycles. The molecular weight excluding hydrogens is 173 g/mol. The fourth-order valence-corrected chi connectivity index (χ4v) is 1.14. The van der Waals surface area contributed by atoms with Crippen LogP contribution in [0.1, 0.15) is 19.8 Å². The number of hydrogen-bond acceptors (Lipinski definition) is 1. The summed E-state index contributed by atoms with van der Waals surface area (Å²) in [6.45, 7) is 2.87. The normalized spacial score (nSPS) is 9.50. The lowest BCUT2D eigenvalue weighted by molar-refractivity contribution is 0.259. The minimum Gasteiger partial charge on any atom is -0.365 e. The number of nitrogens with one attached hydrogen (secondary N) is 1. The van der Waals surface area contributed by atoms with Gasteiger partial charge < -0.3 is 5.32 Å². The molecule has 1 radical (unpaired) electrons. The van der Waals surface area contributed by atoms with Crippen molar-refractivity contribution in [1.29, 1.82) is 0 Å². The molecule has 0 bridgehead atoms. The van der Waals surface area contributed by atoms with E-state index in [2.05, 4.69) is 12.2 Å². The average molecular weight is 188 g/mol. The lowest BCUT2D eigenvalue weighted by Crippen LogP contribution is -2.34. The van der Waals surface area contributed by atoms with Crippen molar-refractivity contribution in [2.45, 2.75) is 19.8 Å². The minimum absolute atomic E-state index is 0.00958. The summed E-state index contributed by atoms with van der Waals surface area (Å²) in [7, 11) is 1.62. The maximum absolute atomic E-state index is 11.3. The van der Waals surface area contributed by atoms with Gasteiger partial charge in [0.15, 0.2) is 5.81 Å². The number of benzene rings is 1. The molecule has 0 atom stereocenters. The molecule has 3 heteroatoms. The quantitative estimate of drug-likeness (QED) is 0.550. The summed E-state index contributed by atoms with van der Waals surface area (Å²) in [5.41, 5.74) is 0.946. The first-order chi connectivity index (χ1) is 6.83. The zero-order valence-electron chi connectivity index (χ0n) is 8.49. The number of carbonyl (C=O) groups is 1. The molecule has 0 saturated heterocycles. The first-order valence-electron chi connectivity index (χ1n) is 5.00. The SMILES string of the molecule is CCCCNC(=O)[B]c1ccccc1. The second-order valence-electron chi connectivity index (χ2n) is 3.20. The second kappa shape index (κ2) is 6.25. The van der Waals surface area contributed by atoms with Crippen LogP contribution in [0.4, 0.5) is 4.79 Å². The third-order valence-corrected chi connectivity index (χ3v) is 1.93. The van der Waals surface area contributed by atoms with Crippen molar-refractivity contribution in [2.75, 3.05) is 6.54 Å². The number of rotatable bonds is 5. The highest BCUT2D eigenvalue weighted by atomic mass is 16.1. The van der Waals surface area contributed by atoms with E-state index in [1.165, 1.54) is 0 Å². The average Bonchev–Trinajstić information content (AvgIpc) is 2.20. The van der Waals surface area contributed by atoms with Crippen LogP contribution in [-0.4, -0.2) is 19.6 Å². The van der Waals surface area contributed by atoms with Gasteiger partial charge in [0.25, 0.3) is 7.28 Å². The molecular formula is C11H15BNO. The van der Waals surface area contributed by atoms with Gasteiger partial charge in [0, 0.05) is 6.54 Å². The van der Waals surface area contributed by atoms with E-state index in [9.17, 15) is 4.79 Å². The topological polar surface area (TPSA) is 29.1 Å². The molecule has 2 nitrogen and oxygen atoms in total. The Kier molecular flexibility index (Phi) is 4.83. The van der Waals surface area contributed by atoms with E-state index in [4.69, 9.17) is 0 Å². The van der Waals surface area contributed by atoms with Crippen molar-refractivity contribution in [3.63, 3.8) is 0 Å². The van der Waals surface area contributed by atoms with Gasteiger partial charge in [-0.15, -0.1) is 0 Å². The van der Waals surface area contributed by atoms with Crippen molar-refractivity contribution in [2.24, 2.45) is 0 Å². The first-order valence-corrected chi connectivity index (χ1v) is 5.00. The van der Waals surface area contributed by atoms with E-state index >= 15 is 0 Å². The Balaban J connectivity index is 2.27. The number of carbonyl (C=O) groups excluding carboxylic acids is 1. The van der Waals surface area contributed by atoms with Crippen LogP contribution in [0.5, 0.6) is 0 Å². The molecule has 0 saturated carbocycles. The Hall–Kier alpha value is -1.25. The van der Waals surface area contributed by atoms with Crippen LogP contribution in [0, 0.1) is 0 Å². The van der Waals surface area contributed by atoms with Crippen LogP contribution in [0.25, 0.3) is 0 Å². The molecule has 1 amide bonds. The predicted octanol–water partition coefficient (Wildman–Crippen LogP) is 1.53. The lowest BCUT2D eigenvalue weighted by Gasteiger charge is -2.02. The third-order valence-electron chi connectivity index (χ3n) is 1.93. The fourth-order valence-electron chi connectivity index (χ4n) is 1.14. The molecule has 1 aromatic carbocycles. The summed E-state index contributed by atoms with van der Waals surface area (Å²) in [6.07, 6.45) is 2.14. The molecule has 0 aliphatic rings. The predicted molar refractivity (Wildman–Crippen MR) is 60.1 cm³/mol. The molecule has 0 heterocycles. The maximum Gasteiger partial charge on any atom is 0.271 e. The van der Waals surface area contributed by atoms with E-state index in [-0.39, 0.29) is 5.81 Å². The van der Waals surface area contributed by atoms with E-state index in [0.717, 1.165) is 24.8 Å². The summed E-state index contributed by atoms with van der Waals surface area (Å²) in [5, 5.41) is 2.84. The maximum atomic E-state index is 11.3.